The highest BCUT2D eigenvalue weighted by atomic mass is 32.2. The highest BCUT2D eigenvalue weighted by Crippen LogP contribution is 2.34. The average Bonchev–Trinajstić information content (AvgIpc) is 2.46. The fourth-order valence-electron chi connectivity index (χ4n) is 1.93. The van der Waals surface area contributed by atoms with Crippen LogP contribution in [0.1, 0.15) is 12.5 Å². The quantitative estimate of drug-likeness (QED) is 0.926. The summed E-state index contributed by atoms with van der Waals surface area (Å²) in [6.07, 6.45) is -3.11. The molecule has 118 valence electrons. The van der Waals surface area contributed by atoms with E-state index in [0.717, 1.165) is 6.07 Å². The Kier molecular flexibility index (Phi) is 4.80. The number of hydrogen-bond donors (Lipinski definition) is 1. The first-order valence-corrected chi connectivity index (χ1v) is 7.42. The molecule has 1 aliphatic rings. The third-order valence-corrected chi connectivity index (χ3v) is 3.83. The van der Waals surface area contributed by atoms with E-state index < -0.39 is 23.7 Å². The molecule has 0 saturated carbocycles. The smallest absolute Gasteiger partial charge is 0.324 e. The lowest BCUT2D eigenvalue weighted by molar-refractivity contribution is -0.137. The fraction of sp³-hybridized carbons (Fsp3) is 0.286. The molecule has 0 aliphatic carbocycles. The van der Waals surface area contributed by atoms with Crippen LogP contribution in [0.25, 0.3) is 0 Å². The van der Waals surface area contributed by atoms with Crippen molar-refractivity contribution in [1.29, 1.82) is 0 Å². The number of carbonyl (C=O) groups excluding carboxylic acids is 2. The van der Waals surface area contributed by atoms with Gasteiger partial charge in [-0.25, -0.2) is 0 Å². The highest BCUT2D eigenvalue weighted by molar-refractivity contribution is 8.02. The van der Waals surface area contributed by atoms with E-state index in [-0.39, 0.29) is 17.3 Å². The third kappa shape index (κ3) is 3.62. The molecule has 1 aliphatic heterocycles. The fourth-order valence-corrected chi connectivity index (χ4v) is 2.54. The monoisotopic (exact) mass is 330 g/mol. The second kappa shape index (κ2) is 6.43. The van der Waals surface area contributed by atoms with Crippen molar-refractivity contribution < 1.29 is 22.8 Å². The van der Waals surface area contributed by atoms with Gasteiger partial charge in [-0.15, -0.1) is 11.8 Å². The van der Waals surface area contributed by atoms with Crippen LogP contribution in [-0.2, 0) is 15.8 Å². The van der Waals surface area contributed by atoms with Gasteiger partial charge in [-0.1, -0.05) is 12.1 Å². The Hall–Kier alpha value is -1.96. The zero-order valence-corrected chi connectivity index (χ0v) is 12.4. The number of nitrogens with zero attached hydrogens (tertiary/aromatic N) is 1. The van der Waals surface area contributed by atoms with Crippen molar-refractivity contribution in [3.05, 3.63) is 41.4 Å². The molecule has 1 unspecified atom stereocenters. The van der Waals surface area contributed by atoms with Gasteiger partial charge in [0, 0.05) is 6.20 Å². The van der Waals surface area contributed by atoms with Crippen LogP contribution in [-0.4, -0.2) is 28.5 Å². The summed E-state index contributed by atoms with van der Waals surface area (Å²) in [4.78, 5) is 25.0. The summed E-state index contributed by atoms with van der Waals surface area (Å²) >= 11 is 1.29. The van der Waals surface area contributed by atoms with Gasteiger partial charge in [0.25, 0.3) is 0 Å². The van der Waals surface area contributed by atoms with Crippen molar-refractivity contribution in [1.82, 2.24) is 4.90 Å². The van der Waals surface area contributed by atoms with E-state index in [4.69, 9.17) is 0 Å². The number of anilines is 1. The molecule has 4 nitrogen and oxygen atoms in total. The number of hydrogen-bond acceptors (Lipinski definition) is 3. The van der Waals surface area contributed by atoms with Crippen molar-refractivity contribution >= 4 is 29.3 Å². The maximum absolute atomic E-state index is 12.9. The SMILES string of the molecule is CC(C(=O)Nc1ccccc1C(F)(F)F)N1C=CSCC1=O. The van der Waals surface area contributed by atoms with Gasteiger partial charge in [0.2, 0.25) is 11.8 Å². The zero-order chi connectivity index (χ0) is 16.3. The van der Waals surface area contributed by atoms with Gasteiger partial charge in [-0.3, -0.25) is 9.59 Å². The summed E-state index contributed by atoms with van der Waals surface area (Å²) in [5.74, 6) is -0.742. The van der Waals surface area contributed by atoms with Gasteiger partial charge in [-0.2, -0.15) is 13.2 Å². The van der Waals surface area contributed by atoms with E-state index in [2.05, 4.69) is 5.32 Å². The van der Waals surface area contributed by atoms with Crippen LogP contribution >= 0.6 is 11.8 Å². The van der Waals surface area contributed by atoms with Crippen LogP contribution in [0.15, 0.2) is 35.9 Å². The van der Waals surface area contributed by atoms with Crippen LogP contribution in [0, 0.1) is 0 Å². The van der Waals surface area contributed by atoms with E-state index in [9.17, 15) is 22.8 Å². The minimum Gasteiger partial charge on any atom is -0.324 e. The Balaban J connectivity index is 2.17. The van der Waals surface area contributed by atoms with E-state index in [1.54, 1.807) is 5.41 Å². The number of para-hydroxylation sites is 1. The van der Waals surface area contributed by atoms with Gasteiger partial charge in [0.1, 0.15) is 6.04 Å². The molecule has 22 heavy (non-hydrogen) atoms. The van der Waals surface area contributed by atoms with Crippen LogP contribution in [0.5, 0.6) is 0 Å². The van der Waals surface area contributed by atoms with E-state index in [1.165, 1.54) is 48.0 Å². The van der Waals surface area contributed by atoms with Crippen LogP contribution in [0.4, 0.5) is 18.9 Å². The number of amides is 2. The molecule has 1 aromatic carbocycles. The highest BCUT2D eigenvalue weighted by Gasteiger charge is 2.34. The Morgan fingerprint density at radius 2 is 2.05 bits per heavy atom. The van der Waals surface area contributed by atoms with Crippen molar-refractivity contribution in [3.63, 3.8) is 0 Å². The summed E-state index contributed by atoms with van der Waals surface area (Å²) in [6.45, 7) is 1.46. The second-order valence-corrected chi connectivity index (χ2v) is 5.50. The number of nitrogens with one attached hydrogen (secondary N) is 1. The van der Waals surface area contributed by atoms with E-state index in [0.29, 0.717) is 0 Å². The van der Waals surface area contributed by atoms with E-state index >= 15 is 0 Å². The van der Waals surface area contributed by atoms with Gasteiger partial charge in [-0.05, 0) is 24.5 Å². The first-order chi connectivity index (χ1) is 10.3. The molecule has 1 heterocycles. The van der Waals surface area contributed by atoms with Crippen LogP contribution in [0.2, 0.25) is 0 Å². The maximum atomic E-state index is 12.9. The van der Waals surface area contributed by atoms with Crippen LogP contribution in [0.3, 0.4) is 0 Å². The predicted molar refractivity (Wildman–Crippen MR) is 78.0 cm³/mol. The van der Waals surface area contributed by atoms with Gasteiger partial charge >= 0.3 is 6.18 Å². The minimum atomic E-state index is -4.56. The molecular weight excluding hydrogens is 317 g/mol. The normalized spacial score (nSPS) is 16.5. The Morgan fingerprint density at radius 1 is 1.36 bits per heavy atom. The molecule has 2 amide bonds. The molecule has 0 fully saturated rings. The number of rotatable bonds is 3. The van der Waals surface area contributed by atoms with Gasteiger partial charge in [0.05, 0.1) is 17.0 Å². The minimum absolute atomic E-state index is 0.202. The number of halogens is 3. The van der Waals surface area contributed by atoms with Gasteiger partial charge in [0.15, 0.2) is 0 Å². The number of benzene rings is 1. The summed E-state index contributed by atoms with van der Waals surface area (Å²) in [5.41, 5.74) is -1.25. The number of alkyl halides is 3. The summed E-state index contributed by atoms with van der Waals surface area (Å²) in [5, 5.41) is 3.90. The molecule has 0 aromatic heterocycles. The molecule has 0 saturated heterocycles. The van der Waals surface area contributed by atoms with Crippen molar-refractivity contribution in [3.8, 4) is 0 Å². The topological polar surface area (TPSA) is 49.4 Å². The number of thioether (sulfide) groups is 1. The Morgan fingerprint density at radius 3 is 2.68 bits per heavy atom. The predicted octanol–water partition coefficient (Wildman–Crippen LogP) is 3.08. The van der Waals surface area contributed by atoms with Crippen LogP contribution < -0.4 is 5.32 Å². The summed E-state index contributed by atoms with van der Waals surface area (Å²) in [7, 11) is 0. The van der Waals surface area contributed by atoms with E-state index in [1.807, 2.05) is 0 Å². The van der Waals surface area contributed by atoms with Crippen molar-refractivity contribution in [2.45, 2.75) is 19.1 Å². The maximum Gasteiger partial charge on any atom is 0.418 e. The first-order valence-electron chi connectivity index (χ1n) is 6.37. The summed E-state index contributed by atoms with van der Waals surface area (Å²) < 4.78 is 38.7. The zero-order valence-electron chi connectivity index (χ0n) is 11.6. The molecule has 0 bridgehead atoms. The second-order valence-electron chi connectivity index (χ2n) is 4.61. The summed E-state index contributed by atoms with van der Waals surface area (Å²) in [6, 6.07) is 3.82. The molecule has 8 heteroatoms. The van der Waals surface area contributed by atoms with Crippen molar-refractivity contribution in [2.75, 3.05) is 11.1 Å². The average molecular weight is 330 g/mol. The molecule has 1 N–H and O–H groups in total. The lowest BCUT2D eigenvalue weighted by Crippen LogP contribution is -2.44. The first kappa shape index (κ1) is 16.4. The molecular formula is C14H13F3N2O2S. The lowest BCUT2D eigenvalue weighted by atomic mass is 10.1. The van der Waals surface area contributed by atoms with Crippen molar-refractivity contribution in [2.24, 2.45) is 0 Å². The number of carbonyl (C=O) groups is 2. The standard InChI is InChI=1S/C14H13F3N2O2S/c1-9(19-6-7-22-8-12(19)20)13(21)18-11-5-3-2-4-10(11)14(15,16)17/h2-7,9H,8H2,1H3,(H,18,21). The largest absolute Gasteiger partial charge is 0.418 e. The Bertz CT molecular complexity index is 616. The third-order valence-electron chi connectivity index (χ3n) is 3.10. The Labute approximate surface area is 129 Å². The molecule has 0 radical (unpaired) electrons. The lowest BCUT2D eigenvalue weighted by Gasteiger charge is -2.27. The molecule has 2 rings (SSSR count). The molecule has 0 spiro atoms. The van der Waals surface area contributed by atoms with Gasteiger partial charge < -0.3 is 10.2 Å². The molecule has 1 aromatic rings. The molecule has 1 atom stereocenters.